The van der Waals surface area contributed by atoms with Crippen LogP contribution in [0.2, 0.25) is 0 Å². The minimum absolute atomic E-state index is 0.234. The molecule has 1 aliphatic rings. The Hall–Kier alpha value is -5.36. The van der Waals surface area contributed by atoms with E-state index in [1.807, 2.05) is 0 Å². The van der Waals surface area contributed by atoms with Crippen LogP contribution in [0.4, 0.5) is 0 Å². The molecule has 4 aromatic rings. The van der Waals surface area contributed by atoms with Crippen molar-refractivity contribution >= 4 is 23.9 Å². The lowest BCUT2D eigenvalue weighted by molar-refractivity contribution is -0.0674. The predicted octanol–water partition coefficient (Wildman–Crippen LogP) is 3.27. The summed E-state index contributed by atoms with van der Waals surface area (Å²) in [5.41, 5.74) is 0.774. The molecule has 0 radical (unpaired) electrons. The van der Waals surface area contributed by atoms with E-state index >= 15 is 0 Å². The van der Waals surface area contributed by atoms with Gasteiger partial charge >= 0.3 is 23.9 Å². The molecule has 12 heteroatoms. The number of methoxy groups -OCH3 is 1. The number of nitrogens with zero attached hydrogens (tertiary/aromatic N) is 3. The number of carbonyl (C=O) groups excluding carboxylic acids is 4. The van der Waals surface area contributed by atoms with Gasteiger partial charge in [0, 0.05) is 0 Å². The maximum atomic E-state index is 13.2. The first kappa shape index (κ1) is 28.2. The minimum Gasteiger partial charge on any atom is -0.463 e. The zero-order chi connectivity index (χ0) is 29.5. The molecule has 0 saturated carbocycles. The van der Waals surface area contributed by atoms with E-state index in [1.165, 1.54) is 13.4 Å². The van der Waals surface area contributed by atoms with Gasteiger partial charge in [0.2, 0.25) is 0 Å². The van der Waals surface area contributed by atoms with Crippen LogP contribution in [0.5, 0.6) is 0 Å². The maximum Gasteiger partial charge on any atom is 0.377 e. The lowest BCUT2D eigenvalue weighted by Gasteiger charge is -2.24. The van der Waals surface area contributed by atoms with Gasteiger partial charge in [0.1, 0.15) is 19.0 Å². The van der Waals surface area contributed by atoms with E-state index in [-0.39, 0.29) is 23.6 Å². The van der Waals surface area contributed by atoms with E-state index in [1.54, 1.807) is 91.0 Å². The number of hydrogen-bond donors (Lipinski definition) is 0. The molecule has 1 aromatic heterocycles. The zero-order valence-corrected chi connectivity index (χ0v) is 22.3. The van der Waals surface area contributed by atoms with Crippen LogP contribution in [-0.2, 0) is 23.7 Å². The zero-order valence-electron chi connectivity index (χ0n) is 22.3. The van der Waals surface area contributed by atoms with Crippen molar-refractivity contribution in [2.45, 2.75) is 24.5 Å². The van der Waals surface area contributed by atoms with Gasteiger partial charge in [0.15, 0.2) is 18.4 Å². The molecule has 3 aromatic carbocycles. The van der Waals surface area contributed by atoms with Crippen molar-refractivity contribution in [3.8, 4) is 0 Å². The van der Waals surface area contributed by atoms with Crippen LogP contribution >= 0.6 is 0 Å². The first-order valence-electron chi connectivity index (χ1n) is 12.8. The quantitative estimate of drug-likeness (QED) is 0.164. The summed E-state index contributed by atoms with van der Waals surface area (Å²) in [6, 6.07) is 24.7. The van der Waals surface area contributed by atoms with E-state index in [2.05, 4.69) is 14.8 Å². The normalized spacial score (nSPS) is 19.5. The molecule has 0 unspecified atom stereocenters. The standard InChI is InChI=1S/C30H25N3O9/c1-38-30(37)25-31-18-33(32-25)26-24(42-29(36)21-15-9-4-10-16-21)23(41-28(35)20-13-7-3-8-14-20)22(40-26)17-39-27(34)19-11-5-2-6-12-19/h2-16,18,22-24,26H,17H2,1H3/t22-,23-,24-,26-/m1/s1/i17+1,22+1,23+1,24+1,26+1. The smallest absolute Gasteiger partial charge is 0.377 e. The molecule has 2 heterocycles. The molecule has 0 aliphatic carbocycles. The first-order valence-corrected chi connectivity index (χ1v) is 12.8. The Morgan fingerprint density at radius 1 is 0.714 bits per heavy atom. The summed E-state index contributed by atoms with van der Waals surface area (Å²) in [6.07, 6.45) is -3.69. The maximum absolute atomic E-state index is 13.2. The second-order valence-corrected chi connectivity index (χ2v) is 9.04. The van der Waals surface area contributed by atoms with E-state index in [9.17, 15) is 19.2 Å². The molecule has 5 rings (SSSR count). The van der Waals surface area contributed by atoms with Gasteiger partial charge in [0.05, 0.1) is 23.8 Å². The van der Waals surface area contributed by atoms with Gasteiger partial charge in [-0.25, -0.2) is 28.8 Å². The Morgan fingerprint density at radius 3 is 1.74 bits per heavy atom. The molecule has 0 N–H and O–H groups in total. The molecular weight excluding hydrogens is 551 g/mol. The van der Waals surface area contributed by atoms with Crippen LogP contribution < -0.4 is 0 Å². The first-order chi connectivity index (χ1) is 20.4. The predicted molar refractivity (Wildman–Crippen MR) is 143 cm³/mol. The second kappa shape index (κ2) is 12.9. The summed E-state index contributed by atoms with van der Waals surface area (Å²) in [7, 11) is 1.18. The van der Waals surface area contributed by atoms with Gasteiger partial charge in [-0.3, -0.25) is 0 Å². The van der Waals surface area contributed by atoms with E-state index in [0.29, 0.717) is 5.56 Å². The highest BCUT2D eigenvalue weighted by molar-refractivity contribution is 5.91. The van der Waals surface area contributed by atoms with Crippen molar-refractivity contribution in [3.05, 3.63) is 120 Å². The van der Waals surface area contributed by atoms with E-state index < -0.39 is 48.4 Å². The van der Waals surface area contributed by atoms with Crippen molar-refractivity contribution in [1.29, 1.82) is 0 Å². The number of esters is 4. The van der Waals surface area contributed by atoms with Crippen molar-refractivity contribution in [2.24, 2.45) is 0 Å². The molecule has 0 spiro atoms. The monoisotopic (exact) mass is 576 g/mol. The summed E-state index contributed by atoms with van der Waals surface area (Å²) < 4.78 is 29.1. The summed E-state index contributed by atoms with van der Waals surface area (Å²) in [5, 5.41) is 4.11. The fourth-order valence-corrected chi connectivity index (χ4v) is 4.25. The summed E-state index contributed by atoms with van der Waals surface area (Å²) >= 11 is 0. The van der Waals surface area contributed by atoms with Gasteiger partial charge < -0.3 is 23.7 Å². The number of hydrogen-bond acceptors (Lipinski definition) is 11. The molecule has 42 heavy (non-hydrogen) atoms. The topological polar surface area (TPSA) is 145 Å². The van der Waals surface area contributed by atoms with Gasteiger partial charge in [-0.2, -0.15) is 0 Å². The fourth-order valence-electron chi connectivity index (χ4n) is 4.25. The number of benzene rings is 3. The molecule has 0 amide bonds. The largest absolute Gasteiger partial charge is 0.463 e. The fraction of sp³-hybridized carbons (Fsp3) is 0.200. The highest BCUT2D eigenvalue weighted by Gasteiger charge is 2.52. The van der Waals surface area contributed by atoms with Crippen molar-refractivity contribution in [2.75, 3.05) is 13.7 Å². The third kappa shape index (κ3) is 6.34. The van der Waals surface area contributed by atoms with Crippen LogP contribution in [0.3, 0.4) is 0 Å². The van der Waals surface area contributed by atoms with E-state index in [4.69, 9.17) is 18.9 Å². The summed E-state index contributed by atoms with van der Waals surface area (Å²) in [5.74, 6) is -3.16. The van der Waals surface area contributed by atoms with Crippen LogP contribution in [0.25, 0.3) is 0 Å². The lowest BCUT2D eigenvalue weighted by Crippen LogP contribution is -2.41. The number of rotatable bonds is 9. The Balaban J connectivity index is 1.47. The molecule has 1 aliphatic heterocycles. The van der Waals surface area contributed by atoms with Gasteiger partial charge in [-0.1, -0.05) is 54.6 Å². The summed E-state index contributed by atoms with van der Waals surface area (Å²) in [6.45, 7) is -0.366. The highest BCUT2D eigenvalue weighted by Crippen LogP contribution is 2.35. The Morgan fingerprint density at radius 2 is 1.21 bits per heavy atom. The highest BCUT2D eigenvalue weighted by atomic mass is 16.8. The number of ether oxygens (including phenoxy) is 5. The number of carbonyl (C=O) groups is 4. The summed E-state index contributed by atoms with van der Waals surface area (Å²) in [4.78, 5) is 55.0. The average Bonchev–Trinajstić information content (AvgIpc) is 3.66. The number of aromatic nitrogens is 3. The Bertz CT molecular complexity index is 1540. The Labute approximate surface area is 239 Å². The molecule has 12 nitrogen and oxygen atoms in total. The van der Waals surface area contributed by atoms with Gasteiger partial charge in [0.25, 0.3) is 5.82 Å². The molecular formula is C30H25N3O9. The van der Waals surface area contributed by atoms with Gasteiger partial charge in [-0.15, -0.1) is 5.10 Å². The third-order valence-corrected chi connectivity index (χ3v) is 6.32. The van der Waals surface area contributed by atoms with Gasteiger partial charge in [-0.05, 0) is 36.4 Å². The van der Waals surface area contributed by atoms with Crippen LogP contribution in [0.1, 0.15) is 47.9 Å². The second-order valence-electron chi connectivity index (χ2n) is 9.04. The average molecular weight is 577 g/mol. The van der Waals surface area contributed by atoms with Crippen LogP contribution in [-0.4, -0.2) is 70.7 Å². The van der Waals surface area contributed by atoms with Crippen molar-refractivity contribution in [3.63, 3.8) is 0 Å². The molecule has 214 valence electrons. The van der Waals surface area contributed by atoms with Crippen molar-refractivity contribution in [1.82, 2.24) is 14.8 Å². The molecule has 1 fully saturated rings. The van der Waals surface area contributed by atoms with Crippen LogP contribution in [0.15, 0.2) is 97.3 Å². The SMILES string of the molecule is COC(=O)c1ncn([13C@@H]2O[13C@H]([13CH2]OC(=O)c3ccccc3)[13C@@H](OC(=O)c3ccccc3)[13C@H]2OC(=O)c2ccccc2)n1. The third-order valence-electron chi connectivity index (χ3n) is 6.32. The van der Waals surface area contributed by atoms with Crippen LogP contribution in [0, 0.1) is 0 Å². The molecule has 4 atom stereocenters. The van der Waals surface area contributed by atoms with E-state index in [0.717, 1.165) is 4.68 Å². The Kier molecular flexibility index (Phi) is 8.64. The van der Waals surface area contributed by atoms with Crippen molar-refractivity contribution < 1.29 is 42.9 Å². The molecule has 0 bridgehead atoms. The minimum atomic E-state index is -1.29. The molecule has 1 saturated heterocycles. The lowest BCUT2D eigenvalue weighted by atomic mass is 10.2.